The number of hydrogen-bond donors (Lipinski definition) is 1. The first-order chi connectivity index (χ1) is 7.70. The maximum Gasteiger partial charge on any atom is 0.205 e. The van der Waals surface area contributed by atoms with E-state index in [2.05, 4.69) is 28.1 Å². The van der Waals surface area contributed by atoms with Crippen molar-refractivity contribution in [1.82, 2.24) is 9.36 Å². The molecule has 90 valence electrons. The molecule has 0 radical (unpaired) electrons. The van der Waals surface area contributed by atoms with Gasteiger partial charge in [-0.1, -0.05) is 13.8 Å². The summed E-state index contributed by atoms with van der Waals surface area (Å²) < 4.78 is 4.37. The lowest BCUT2D eigenvalue weighted by atomic mass is 9.95. The van der Waals surface area contributed by atoms with Crippen molar-refractivity contribution in [3.05, 3.63) is 5.82 Å². The summed E-state index contributed by atoms with van der Waals surface area (Å²) in [6.07, 6.45) is 3.24. The lowest BCUT2D eigenvalue weighted by Crippen LogP contribution is -2.47. The van der Waals surface area contributed by atoms with Crippen LogP contribution in [0.1, 0.15) is 32.5 Å². The molecule has 0 aliphatic carbocycles. The number of rotatable bonds is 3. The zero-order valence-corrected chi connectivity index (χ0v) is 10.8. The van der Waals surface area contributed by atoms with Crippen LogP contribution in [0.15, 0.2) is 0 Å². The molecule has 1 aromatic rings. The van der Waals surface area contributed by atoms with E-state index in [-0.39, 0.29) is 6.04 Å². The highest BCUT2D eigenvalue weighted by Gasteiger charge is 2.25. The summed E-state index contributed by atoms with van der Waals surface area (Å²) >= 11 is 1.51. The smallest absolute Gasteiger partial charge is 0.205 e. The van der Waals surface area contributed by atoms with E-state index in [1.165, 1.54) is 11.5 Å². The average molecular weight is 240 g/mol. The van der Waals surface area contributed by atoms with Crippen molar-refractivity contribution in [2.24, 2.45) is 11.7 Å². The van der Waals surface area contributed by atoms with Gasteiger partial charge in [-0.15, -0.1) is 0 Å². The first-order valence-corrected chi connectivity index (χ1v) is 6.81. The highest BCUT2D eigenvalue weighted by molar-refractivity contribution is 7.09. The molecule has 16 heavy (non-hydrogen) atoms. The number of nitrogens with zero attached hydrogens (tertiary/aromatic N) is 3. The molecule has 2 rings (SSSR count). The van der Waals surface area contributed by atoms with Crippen molar-refractivity contribution in [2.45, 2.75) is 39.2 Å². The quantitative estimate of drug-likeness (QED) is 0.873. The van der Waals surface area contributed by atoms with Gasteiger partial charge in [-0.05, 0) is 18.8 Å². The van der Waals surface area contributed by atoms with Gasteiger partial charge < -0.3 is 10.6 Å². The number of nitrogens with two attached hydrogens (primary N) is 1. The molecule has 0 saturated carbocycles. The van der Waals surface area contributed by atoms with E-state index in [1.54, 1.807) is 0 Å². The topological polar surface area (TPSA) is 55.0 Å². The molecule has 0 bridgehead atoms. The van der Waals surface area contributed by atoms with Crippen LogP contribution in [0.25, 0.3) is 0 Å². The summed E-state index contributed by atoms with van der Waals surface area (Å²) in [7, 11) is 0. The van der Waals surface area contributed by atoms with Crippen molar-refractivity contribution >= 4 is 16.7 Å². The molecular formula is C11H20N4S. The van der Waals surface area contributed by atoms with Gasteiger partial charge in [0, 0.05) is 37.1 Å². The van der Waals surface area contributed by atoms with Crippen LogP contribution in [0, 0.1) is 5.92 Å². The Balaban J connectivity index is 2.01. The fourth-order valence-corrected chi connectivity index (χ4v) is 2.72. The summed E-state index contributed by atoms with van der Waals surface area (Å²) in [4.78, 5) is 6.84. The monoisotopic (exact) mass is 240 g/mol. The van der Waals surface area contributed by atoms with E-state index in [0.717, 1.165) is 43.3 Å². The Labute approximate surface area is 101 Å². The molecule has 0 spiro atoms. The van der Waals surface area contributed by atoms with Crippen molar-refractivity contribution in [1.29, 1.82) is 0 Å². The van der Waals surface area contributed by atoms with Gasteiger partial charge in [0.2, 0.25) is 5.13 Å². The Kier molecular flexibility index (Phi) is 3.76. The van der Waals surface area contributed by atoms with Gasteiger partial charge in [-0.25, -0.2) is 4.98 Å². The summed E-state index contributed by atoms with van der Waals surface area (Å²) in [5.74, 6) is 1.61. The Hall–Kier alpha value is -0.680. The highest BCUT2D eigenvalue weighted by atomic mass is 32.1. The minimum Gasteiger partial charge on any atom is -0.345 e. The second kappa shape index (κ2) is 5.10. The Morgan fingerprint density at radius 1 is 1.56 bits per heavy atom. The van der Waals surface area contributed by atoms with Gasteiger partial charge >= 0.3 is 0 Å². The number of aryl methyl sites for hydroxylation is 1. The molecule has 2 N–H and O–H groups in total. The van der Waals surface area contributed by atoms with Crippen LogP contribution in [0.3, 0.4) is 0 Å². The van der Waals surface area contributed by atoms with Crippen LogP contribution in [-0.4, -0.2) is 28.5 Å². The van der Waals surface area contributed by atoms with Crippen LogP contribution < -0.4 is 10.6 Å². The normalized spacial score (nSPS) is 26.1. The highest BCUT2D eigenvalue weighted by Crippen LogP contribution is 2.24. The lowest BCUT2D eigenvalue weighted by molar-refractivity contribution is 0.379. The standard InChI is InChI=1S/C11H20N4S/c1-3-4-10-13-11(16-14-10)15-6-5-8(2)9(12)7-15/h8-9H,3-7,12H2,1-2H3. The summed E-state index contributed by atoms with van der Waals surface area (Å²) in [6.45, 7) is 6.36. The zero-order chi connectivity index (χ0) is 11.5. The third kappa shape index (κ3) is 2.52. The Morgan fingerprint density at radius 3 is 3.06 bits per heavy atom. The molecule has 5 heteroatoms. The predicted molar refractivity (Wildman–Crippen MR) is 67.9 cm³/mol. The summed E-state index contributed by atoms with van der Waals surface area (Å²) in [6, 6.07) is 0.271. The second-order valence-corrected chi connectivity index (χ2v) is 5.35. The number of hydrogen-bond acceptors (Lipinski definition) is 5. The van der Waals surface area contributed by atoms with Crippen molar-refractivity contribution in [3.8, 4) is 0 Å². The molecule has 1 aliphatic rings. The molecule has 1 aromatic heterocycles. The van der Waals surface area contributed by atoms with Crippen LogP contribution in [0.2, 0.25) is 0 Å². The van der Waals surface area contributed by atoms with Crippen molar-refractivity contribution in [2.75, 3.05) is 18.0 Å². The maximum atomic E-state index is 6.09. The maximum absolute atomic E-state index is 6.09. The van der Waals surface area contributed by atoms with Gasteiger partial charge in [-0.2, -0.15) is 4.37 Å². The van der Waals surface area contributed by atoms with Gasteiger partial charge in [0.05, 0.1) is 0 Å². The van der Waals surface area contributed by atoms with Crippen molar-refractivity contribution < 1.29 is 0 Å². The summed E-state index contributed by atoms with van der Waals surface area (Å²) in [5.41, 5.74) is 6.09. The minimum absolute atomic E-state index is 0.271. The number of piperidine rings is 1. The van der Waals surface area contributed by atoms with E-state index in [9.17, 15) is 0 Å². The van der Waals surface area contributed by atoms with Crippen LogP contribution in [0.4, 0.5) is 5.13 Å². The SMILES string of the molecule is CCCc1nsc(N2CCC(C)C(N)C2)n1. The predicted octanol–water partition coefficient (Wildman–Crippen LogP) is 1.66. The first-order valence-electron chi connectivity index (χ1n) is 6.03. The van der Waals surface area contributed by atoms with E-state index in [4.69, 9.17) is 5.73 Å². The number of anilines is 1. The lowest BCUT2D eigenvalue weighted by Gasteiger charge is -2.34. The minimum atomic E-state index is 0.271. The molecule has 0 aromatic carbocycles. The Bertz CT molecular complexity index is 338. The largest absolute Gasteiger partial charge is 0.345 e. The van der Waals surface area contributed by atoms with Gasteiger partial charge in [0.15, 0.2) is 0 Å². The van der Waals surface area contributed by atoms with Gasteiger partial charge in [0.1, 0.15) is 5.82 Å². The average Bonchev–Trinajstić information content (AvgIpc) is 2.71. The van der Waals surface area contributed by atoms with Crippen LogP contribution in [-0.2, 0) is 6.42 Å². The molecule has 1 fully saturated rings. The first kappa shape index (κ1) is 11.8. The summed E-state index contributed by atoms with van der Waals surface area (Å²) in [5, 5.41) is 1.05. The van der Waals surface area contributed by atoms with E-state index >= 15 is 0 Å². The molecule has 1 aliphatic heterocycles. The van der Waals surface area contributed by atoms with Crippen LogP contribution >= 0.6 is 11.5 Å². The fraction of sp³-hybridized carbons (Fsp3) is 0.818. The third-order valence-corrected chi connectivity index (χ3v) is 4.03. The third-order valence-electron chi connectivity index (χ3n) is 3.22. The van der Waals surface area contributed by atoms with E-state index in [1.807, 2.05) is 0 Å². The zero-order valence-electron chi connectivity index (χ0n) is 10.0. The van der Waals surface area contributed by atoms with Crippen molar-refractivity contribution in [3.63, 3.8) is 0 Å². The molecule has 2 unspecified atom stereocenters. The van der Waals surface area contributed by atoms with Gasteiger partial charge in [-0.3, -0.25) is 0 Å². The molecular weight excluding hydrogens is 220 g/mol. The molecule has 2 heterocycles. The van der Waals surface area contributed by atoms with Crippen LogP contribution in [0.5, 0.6) is 0 Å². The number of aromatic nitrogens is 2. The Morgan fingerprint density at radius 2 is 2.38 bits per heavy atom. The van der Waals surface area contributed by atoms with E-state index < -0.39 is 0 Å². The molecule has 2 atom stereocenters. The van der Waals surface area contributed by atoms with E-state index in [0.29, 0.717) is 5.92 Å². The molecule has 1 saturated heterocycles. The molecule has 4 nitrogen and oxygen atoms in total. The fourth-order valence-electron chi connectivity index (χ4n) is 1.97. The van der Waals surface area contributed by atoms with Gasteiger partial charge in [0.25, 0.3) is 0 Å². The molecule has 0 amide bonds. The second-order valence-electron chi connectivity index (χ2n) is 4.62.